The first-order valence-corrected chi connectivity index (χ1v) is 8.55. The summed E-state index contributed by atoms with van der Waals surface area (Å²) in [5, 5.41) is 3.74. The Labute approximate surface area is 120 Å². The highest BCUT2D eigenvalue weighted by atomic mass is 15.2. The molecule has 1 heterocycles. The zero-order chi connectivity index (χ0) is 13.8. The van der Waals surface area contributed by atoms with E-state index in [0.717, 1.165) is 29.8 Å². The molecule has 2 aliphatic rings. The van der Waals surface area contributed by atoms with Crippen LogP contribution in [0.3, 0.4) is 0 Å². The zero-order valence-electron chi connectivity index (χ0n) is 13.5. The molecule has 1 aliphatic heterocycles. The molecule has 0 aromatic rings. The molecule has 1 N–H and O–H groups in total. The van der Waals surface area contributed by atoms with Gasteiger partial charge in [0.15, 0.2) is 0 Å². The standard InChI is InChI=1S/C17H34N2/c1-5-16-6-7-19(12-15(4)11-18-16)17-9-13(2)8-14(3)10-17/h13-18H,5-12H2,1-4H3. The van der Waals surface area contributed by atoms with E-state index in [9.17, 15) is 0 Å². The first kappa shape index (κ1) is 15.3. The van der Waals surface area contributed by atoms with Gasteiger partial charge in [-0.1, -0.05) is 27.7 Å². The highest BCUT2D eigenvalue weighted by molar-refractivity contribution is 4.85. The second kappa shape index (κ2) is 7.08. The van der Waals surface area contributed by atoms with Gasteiger partial charge in [0.25, 0.3) is 0 Å². The van der Waals surface area contributed by atoms with E-state index in [1.54, 1.807) is 0 Å². The van der Waals surface area contributed by atoms with Crippen LogP contribution in [0.4, 0.5) is 0 Å². The van der Waals surface area contributed by atoms with Crippen molar-refractivity contribution in [3.63, 3.8) is 0 Å². The first-order valence-electron chi connectivity index (χ1n) is 8.55. The molecule has 0 spiro atoms. The molecule has 4 atom stereocenters. The van der Waals surface area contributed by atoms with E-state index < -0.39 is 0 Å². The van der Waals surface area contributed by atoms with Crippen LogP contribution in [0.5, 0.6) is 0 Å². The van der Waals surface area contributed by atoms with Crippen LogP contribution in [0.25, 0.3) is 0 Å². The number of rotatable bonds is 2. The van der Waals surface area contributed by atoms with Crippen LogP contribution < -0.4 is 5.32 Å². The van der Waals surface area contributed by atoms with E-state index in [0.29, 0.717) is 0 Å². The molecule has 112 valence electrons. The molecule has 2 rings (SSSR count). The second-order valence-corrected chi connectivity index (χ2v) is 7.47. The molecule has 19 heavy (non-hydrogen) atoms. The van der Waals surface area contributed by atoms with Crippen molar-refractivity contribution < 1.29 is 0 Å². The van der Waals surface area contributed by atoms with Crippen LogP contribution >= 0.6 is 0 Å². The van der Waals surface area contributed by atoms with Crippen LogP contribution in [0, 0.1) is 17.8 Å². The molecule has 1 saturated carbocycles. The topological polar surface area (TPSA) is 15.3 Å². The lowest BCUT2D eigenvalue weighted by atomic mass is 9.79. The fraction of sp³-hybridized carbons (Fsp3) is 1.00. The van der Waals surface area contributed by atoms with Crippen molar-refractivity contribution in [1.82, 2.24) is 10.2 Å². The van der Waals surface area contributed by atoms with Gasteiger partial charge in [-0.2, -0.15) is 0 Å². The fourth-order valence-electron chi connectivity index (χ4n) is 4.23. The molecule has 0 radical (unpaired) electrons. The summed E-state index contributed by atoms with van der Waals surface area (Å²) in [4.78, 5) is 2.83. The van der Waals surface area contributed by atoms with Gasteiger partial charge in [-0.3, -0.25) is 4.90 Å². The highest BCUT2D eigenvalue weighted by Crippen LogP contribution is 2.32. The summed E-state index contributed by atoms with van der Waals surface area (Å²) < 4.78 is 0. The third kappa shape index (κ3) is 4.46. The van der Waals surface area contributed by atoms with Crippen LogP contribution in [0.15, 0.2) is 0 Å². The Bertz CT molecular complexity index is 256. The Morgan fingerprint density at radius 2 is 1.68 bits per heavy atom. The number of nitrogens with one attached hydrogen (secondary N) is 1. The molecule has 0 aromatic carbocycles. The van der Waals surface area contributed by atoms with E-state index in [2.05, 4.69) is 37.9 Å². The van der Waals surface area contributed by atoms with E-state index in [4.69, 9.17) is 0 Å². The molecular formula is C17H34N2. The van der Waals surface area contributed by atoms with E-state index in [-0.39, 0.29) is 0 Å². The molecule has 2 heteroatoms. The summed E-state index contributed by atoms with van der Waals surface area (Å²) in [6.45, 7) is 13.4. The van der Waals surface area contributed by atoms with E-state index >= 15 is 0 Å². The predicted octanol–water partition coefficient (Wildman–Crippen LogP) is 3.52. The van der Waals surface area contributed by atoms with Crippen molar-refractivity contribution in [1.29, 1.82) is 0 Å². The van der Waals surface area contributed by atoms with E-state index in [1.165, 1.54) is 51.7 Å². The van der Waals surface area contributed by atoms with E-state index in [1.807, 2.05) is 0 Å². The van der Waals surface area contributed by atoms with Crippen LogP contribution in [-0.4, -0.2) is 36.6 Å². The number of hydrogen-bond donors (Lipinski definition) is 1. The van der Waals surface area contributed by atoms with Gasteiger partial charge >= 0.3 is 0 Å². The molecule has 2 nitrogen and oxygen atoms in total. The maximum Gasteiger partial charge on any atom is 0.0100 e. The molecule has 2 fully saturated rings. The Hall–Kier alpha value is -0.0800. The average molecular weight is 266 g/mol. The first-order chi connectivity index (χ1) is 9.08. The average Bonchev–Trinajstić information content (AvgIpc) is 2.33. The van der Waals surface area contributed by atoms with Gasteiger partial charge in [-0.25, -0.2) is 0 Å². The minimum absolute atomic E-state index is 0.740. The molecule has 0 bridgehead atoms. The summed E-state index contributed by atoms with van der Waals surface area (Å²) in [7, 11) is 0. The van der Waals surface area contributed by atoms with Crippen LogP contribution in [0.1, 0.15) is 59.8 Å². The molecular weight excluding hydrogens is 232 g/mol. The van der Waals surface area contributed by atoms with Crippen molar-refractivity contribution in [2.24, 2.45) is 17.8 Å². The Balaban J connectivity index is 1.96. The Morgan fingerprint density at radius 1 is 1.00 bits per heavy atom. The summed E-state index contributed by atoms with van der Waals surface area (Å²) in [6.07, 6.45) is 6.92. The van der Waals surface area contributed by atoms with Gasteiger partial charge in [0, 0.05) is 18.6 Å². The van der Waals surface area contributed by atoms with Gasteiger partial charge in [-0.05, 0) is 62.9 Å². The van der Waals surface area contributed by atoms with Crippen LogP contribution in [0.2, 0.25) is 0 Å². The van der Waals surface area contributed by atoms with Gasteiger partial charge in [-0.15, -0.1) is 0 Å². The molecule has 0 aromatic heterocycles. The van der Waals surface area contributed by atoms with Gasteiger partial charge in [0.05, 0.1) is 0 Å². The molecule has 1 aliphatic carbocycles. The normalized spacial score (nSPS) is 42.6. The minimum Gasteiger partial charge on any atom is -0.314 e. The minimum atomic E-state index is 0.740. The Kier molecular flexibility index (Phi) is 5.70. The zero-order valence-corrected chi connectivity index (χ0v) is 13.5. The lowest BCUT2D eigenvalue weighted by Gasteiger charge is -2.42. The monoisotopic (exact) mass is 266 g/mol. The van der Waals surface area contributed by atoms with Gasteiger partial charge < -0.3 is 5.32 Å². The molecule has 0 amide bonds. The van der Waals surface area contributed by atoms with Crippen molar-refractivity contribution in [3.8, 4) is 0 Å². The highest BCUT2D eigenvalue weighted by Gasteiger charge is 2.30. The fourth-order valence-corrected chi connectivity index (χ4v) is 4.23. The van der Waals surface area contributed by atoms with Gasteiger partial charge in [0.2, 0.25) is 0 Å². The van der Waals surface area contributed by atoms with Crippen molar-refractivity contribution >= 4 is 0 Å². The third-order valence-corrected chi connectivity index (χ3v) is 5.23. The Morgan fingerprint density at radius 3 is 2.32 bits per heavy atom. The lowest BCUT2D eigenvalue weighted by Crippen LogP contribution is -2.48. The predicted molar refractivity (Wildman–Crippen MR) is 83.4 cm³/mol. The summed E-state index contributed by atoms with van der Waals surface area (Å²) >= 11 is 0. The summed E-state index contributed by atoms with van der Waals surface area (Å²) in [5.41, 5.74) is 0. The second-order valence-electron chi connectivity index (χ2n) is 7.47. The smallest absolute Gasteiger partial charge is 0.0100 e. The number of nitrogens with zero attached hydrogens (tertiary/aromatic N) is 1. The van der Waals surface area contributed by atoms with Crippen molar-refractivity contribution in [2.75, 3.05) is 19.6 Å². The quantitative estimate of drug-likeness (QED) is 0.822. The third-order valence-electron chi connectivity index (χ3n) is 5.23. The maximum atomic E-state index is 3.74. The maximum absolute atomic E-state index is 3.74. The summed E-state index contributed by atoms with van der Waals surface area (Å²) in [5.74, 6) is 2.64. The largest absolute Gasteiger partial charge is 0.314 e. The van der Waals surface area contributed by atoms with Crippen molar-refractivity contribution in [3.05, 3.63) is 0 Å². The summed E-state index contributed by atoms with van der Waals surface area (Å²) in [6, 6.07) is 1.60. The van der Waals surface area contributed by atoms with Crippen LogP contribution in [-0.2, 0) is 0 Å². The molecule has 4 unspecified atom stereocenters. The van der Waals surface area contributed by atoms with Crippen molar-refractivity contribution in [2.45, 2.75) is 71.9 Å². The lowest BCUT2D eigenvalue weighted by molar-refractivity contribution is 0.0834. The number of hydrogen-bond acceptors (Lipinski definition) is 2. The molecule has 1 saturated heterocycles. The SMILES string of the molecule is CCC1CCN(C2CC(C)CC(C)C2)CC(C)CN1. The van der Waals surface area contributed by atoms with Gasteiger partial charge in [0.1, 0.15) is 0 Å².